The van der Waals surface area contributed by atoms with Crippen LogP contribution < -0.4 is 5.73 Å². The maximum absolute atomic E-state index is 13.5. The highest BCUT2D eigenvalue weighted by Gasteiger charge is 2.27. The quantitative estimate of drug-likeness (QED) is 0.761. The van der Waals surface area contributed by atoms with Gasteiger partial charge in [0.25, 0.3) is 0 Å². The Morgan fingerprint density at radius 1 is 1.04 bits per heavy atom. The molecule has 2 aromatic rings. The average molecular weight is 370 g/mol. The fourth-order valence-electron chi connectivity index (χ4n) is 2.86. The van der Waals surface area contributed by atoms with Crippen molar-refractivity contribution in [1.29, 1.82) is 0 Å². The number of carbonyl (C=O) groups excluding carboxylic acids is 3. The molecule has 142 valence electrons. The zero-order valence-corrected chi connectivity index (χ0v) is 15.7. The van der Waals surface area contributed by atoms with Crippen LogP contribution in [-0.2, 0) is 9.59 Å². The molecule has 1 atom stereocenters. The number of hydrogen-bond acceptors (Lipinski definition) is 3. The first-order valence-electron chi connectivity index (χ1n) is 8.61. The summed E-state index contributed by atoms with van der Waals surface area (Å²) in [5.74, 6) is -1.86. The number of aryl methyl sites for hydroxylation is 2. The predicted molar refractivity (Wildman–Crippen MR) is 101 cm³/mol. The third-order valence-corrected chi connectivity index (χ3v) is 4.61. The van der Waals surface area contributed by atoms with Crippen molar-refractivity contribution in [1.82, 2.24) is 4.90 Å². The maximum Gasteiger partial charge on any atom is 0.244 e. The molecule has 5 nitrogen and oxygen atoms in total. The zero-order valence-electron chi connectivity index (χ0n) is 15.7. The summed E-state index contributed by atoms with van der Waals surface area (Å²) in [5.41, 5.74) is 8.34. The van der Waals surface area contributed by atoms with Crippen LogP contribution in [0.3, 0.4) is 0 Å². The van der Waals surface area contributed by atoms with Gasteiger partial charge in [0.05, 0.1) is 0 Å². The highest BCUT2D eigenvalue weighted by atomic mass is 19.1. The minimum atomic E-state index is -1.09. The van der Waals surface area contributed by atoms with Gasteiger partial charge in [-0.1, -0.05) is 24.3 Å². The van der Waals surface area contributed by atoms with E-state index in [0.29, 0.717) is 11.1 Å². The molecule has 2 aromatic carbocycles. The number of carbonyl (C=O) groups is 3. The van der Waals surface area contributed by atoms with Crippen molar-refractivity contribution >= 4 is 17.6 Å². The lowest BCUT2D eigenvalue weighted by Gasteiger charge is -2.26. The van der Waals surface area contributed by atoms with Crippen molar-refractivity contribution in [2.24, 2.45) is 5.73 Å². The molecule has 0 saturated heterocycles. The topological polar surface area (TPSA) is 80.5 Å². The molecule has 0 radical (unpaired) electrons. The minimum Gasteiger partial charge on any atom is -0.368 e. The van der Waals surface area contributed by atoms with Crippen LogP contribution in [0.2, 0.25) is 0 Å². The SMILES string of the molecule is Cc1ccc(C(=O)CCC(=O)N(C)[C@@H](C(N)=O)c2cccc(F)c2)cc1C. The molecule has 0 saturated carbocycles. The second kappa shape index (κ2) is 8.58. The second-order valence-electron chi connectivity index (χ2n) is 6.59. The Hall–Kier alpha value is -3.02. The first kappa shape index (κ1) is 20.3. The monoisotopic (exact) mass is 370 g/mol. The fourth-order valence-corrected chi connectivity index (χ4v) is 2.86. The molecule has 2 rings (SSSR count). The maximum atomic E-state index is 13.5. The van der Waals surface area contributed by atoms with Crippen LogP contribution in [-0.4, -0.2) is 29.5 Å². The highest BCUT2D eigenvalue weighted by molar-refractivity contribution is 5.98. The molecular weight excluding hydrogens is 347 g/mol. The van der Waals surface area contributed by atoms with Gasteiger partial charge in [0.1, 0.15) is 11.9 Å². The molecule has 0 bridgehead atoms. The van der Waals surface area contributed by atoms with Gasteiger partial charge in [-0.25, -0.2) is 4.39 Å². The Bertz CT molecular complexity index is 879. The summed E-state index contributed by atoms with van der Waals surface area (Å²) in [4.78, 5) is 37.8. The number of hydrogen-bond donors (Lipinski definition) is 1. The lowest BCUT2D eigenvalue weighted by molar-refractivity contribution is -0.138. The highest BCUT2D eigenvalue weighted by Crippen LogP contribution is 2.21. The average Bonchev–Trinajstić information content (AvgIpc) is 2.61. The molecule has 6 heteroatoms. The van der Waals surface area contributed by atoms with Gasteiger partial charge in [0, 0.05) is 25.5 Å². The van der Waals surface area contributed by atoms with Crippen LogP contribution in [0.4, 0.5) is 4.39 Å². The Morgan fingerprint density at radius 3 is 2.33 bits per heavy atom. The van der Waals surface area contributed by atoms with Crippen LogP contribution in [0.15, 0.2) is 42.5 Å². The predicted octanol–water partition coefficient (Wildman–Crippen LogP) is 3.09. The Balaban J connectivity index is 2.07. The van der Waals surface area contributed by atoms with Crippen LogP contribution in [0.25, 0.3) is 0 Å². The summed E-state index contributed by atoms with van der Waals surface area (Å²) in [6.07, 6.45) is -0.0539. The largest absolute Gasteiger partial charge is 0.368 e. The van der Waals surface area contributed by atoms with Gasteiger partial charge in [-0.2, -0.15) is 0 Å². The number of nitrogens with zero attached hydrogens (tertiary/aromatic N) is 1. The van der Waals surface area contributed by atoms with E-state index >= 15 is 0 Å². The lowest BCUT2D eigenvalue weighted by atomic mass is 10.0. The third kappa shape index (κ3) is 5.00. The Morgan fingerprint density at radius 2 is 1.74 bits per heavy atom. The number of nitrogens with two attached hydrogens (primary N) is 1. The van der Waals surface area contributed by atoms with Gasteiger partial charge in [-0.15, -0.1) is 0 Å². The number of benzene rings is 2. The number of Topliss-reactive ketones (excluding diaryl/α,β-unsaturated/α-hetero) is 1. The molecule has 0 aliphatic carbocycles. The summed E-state index contributed by atoms with van der Waals surface area (Å²) in [6.45, 7) is 3.87. The second-order valence-corrected chi connectivity index (χ2v) is 6.59. The molecule has 2 amide bonds. The van der Waals surface area contributed by atoms with Crippen LogP contribution in [0.5, 0.6) is 0 Å². The summed E-state index contributed by atoms with van der Waals surface area (Å²) in [7, 11) is 1.42. The van der Waals surface area contributed by atoms with Crippen molar-refractivity contribution in [2.45, 2.75) is 32.7 Å². The Labute approximate surface area is 158 Å². The Kier molecular flexibility index (Phi) is 6.45. The number of likely N-dealkylation sites (N-methyl/N-ethyl adjacent to an activating group) is 1. The first-order valence-corrected chi connectivity index (χ1v) is 8.61. The molecule has 0 heterocycles. The number of amides is 2. The minimum absolute atomic E-state index is 0.0142. The molecule has 0 aromatic heterocycles. The smallest absolute Gasteiger partial charge is 0.244 e. The number of primary amides is 1. The van der Waals surface area contributed by atoms with E-state index in [9.17, 15) is 18.8 Å². The van der Waals surface area contributed by atoms with E-state index in [0.717, 1.165) is 16.0 Å². The molecule has 0 unspecified atom stereocenters. The molecule has 0 aliphatic rings. The lowest BCUT2D eigenvalue weighted by Crippen LogP contribution is -2.39. The van der Waals surface area contributed by atoms with Crippen LogP contribution in [0, 0.1) is 19.7 Å². The molecular formula is C21H23FN2O3. The third-order valence-electron chi connectivity index (χ3n) is 4.61. The van der Waals surface area contributed by atoms with Crippen molar-refractivity contribution in [2.75, 3.05) is 7.05 Å². The standard InChI is InChI=1S/C21H23FN2O3/c1-13-7-8-15(11-14(13)2)18(25)9-10-19(26)24(3)20(21(23)27)16-5-4-6-17(22)12-16/h4-8,11-12,20H,9-10H2,1-3H3,(H2,23,27)/t20-/m1/s1. The summed E-state index contributed by atoms with van der Waals surface area (Å²) in [6, 6.07) is 9.69. The van der Waals surface area contributed by atoms with E-state index in [4.69, 9.17) is 5.73 Å². The van der Waals surface area contributed by atoms with E-state index in [1.54, 1.807) is 12.1 Å². The summed E-state index contributed by atoms with van der Waals surface area (Å²) >= 11 is 0. The van der Waals surface area contributed by atoms with E-state index in [2.05, 4.69) is 0 Å². The van der Waals surface area contributed by atoms with Gasteiger partial charge >= 0.3 is 0 Å². The number of halogens is 1. The molecule has 27 heavy (non-hydrogen) atoms. The van der Waals surface area contributed by atoms with Gasteiger partial charge < -0.3 is 10.6 Å². The van der Waals surface area contributed by atoms with Gasteiger partial charge in [0.15, 0.2) is 5.78 Å². The van der Waals surface area contributed by atoms with Crippen LogP contribution in [0.1, 0.15) is 45.9 Å². The van der Waals surface area contributed by atoms with Crippen molar-refractivity contribution in [3.63, 3.8) is 0 Å². The van der Waals surface area contributed by atoms with Crippen molar-refractivity contribution in [3.05, 3.63) is 70.5 Å². The van der Waals surface area contributed by atoms with E-state index in [1.165, 1.54) is 31.3 Å². The molecule has 0 aliphatic heterocycles. The summed E-state index contributed by atoms with van der Waals surface area (Å²) in [5, 5.41) is 0. The van der Waals surface area contributed by atoms with Crippen molar-refractivity contribution < 1.29 is 18.8 Å². The number of ketones is 1. The normalized spacial score (nSPS) is 11.7. The molecule has 0 spiro atoms. The van der Waals surface area contributed by atoms with Gasteiger partial charge in [-0.05, 0) is 48.7 Å². The van der Waals surface area contributed by atoms with E-state index in [1.807, 2.05) is 19.9 Å². The van der Waals surface area contributed by atoms with Crippen LogP contribution >= 0.6 is 0 Å². The van der Waals surface area contributed by atoms with E-state index in [-0.39, 0.29) is 18.6 Å². The van der Waals surface area contributed by atoms with E-state index < -0.39 is 23.7 Å². The zero-order chi connectivity index (χ0) is 20.1. The fraction of sp³-hybridized carbons (Fsp3) is 0.286. The van der Waals surface area contributed by atoms with Crippen molar-refractivity contribution in [3.8, 4) is 0 Å². The summed E-state index contributed by atoms with van der Waals surface area (Å²) < 4.78 is 13.5. The molecule has 2 N–H and O–H groups in total. The van der Waals surface area contributed by atoms with Gasteiger partial charge in [-0.3, -0.25) is 14.4 Å². The molecule has 0 fully saturated rings. The number of rotatable bonds is 7. The van der Waals surface area contributed by atoms with Gasteiger partial charge in [0.2, 0.25) is 11.8 Å². The first-order chi connectivity index (χ1) is 12.7.